The van der Waals surface area contributed by atoms with Gasteiger partial charge in [0.15, 0.2) is 0 Å². The number of likely N-dealkylation sites (tertiary alicyclic amines) is 1. The first-order valence-corrected chi connectivity index (χ1v) is 6.66. The van der Waals surface area contributed by atoms with Gasteiger partial charge in [0.05, 0.1) is 11.7 Å². The van der Waals surface area contributed by atoms with Crippen molar-refractivity contribution in [3.8, 4) is 0 Å². The Kier molecular flexibility index (Phi) is 3.52. The van der Waals surface area contributed by atoms with Crippen molar-refractivity contribution in [2.45, 2.75) is 58.5 Å². The van der Waals surface area contributed by atoms with Gasteiger partial charge in [0.25, 0.3) is 0 Å². The minimum atomic E-state index is 0.294. The first kappa shape index (κ1) is 12.6. The van der Waals surface area contributed by atoms with E-state index in [1.54, 1.807) is 0 Å². The molecule has 0 bridgehead atoms. The third kappa shape index (κ3) is 2.86. The van der Waals surface area contributed by atoms with Gasteiger partial charge in [-0.05, 0) is 40.0 Å². The smallest absolute Gasteiger partial charge is 0.0824 e. The lowest BCUT2D eigenvalue weighted by molar-refractivity contribution is 0.0866. The monoisotopic (exact) mass is 236 g/mol. The lowest BCUT2D eigenvalue weighted by Crippen LogP contribution is -2.46. The molecule has 1 aliphatic heterocycles. The van der Waals surface area contributed by atoms with Crippen molar-refractivity contribution in [1.82, 2.24) is 19.9 Å². The number of hydrogen-bond donors (Lipinski definition) is 0. The SMILES string of the molecule is CCc1cn(C2CCN(C(C)(C)C)CC2)nn1. The zero-order valence-electron chi connectivity index (χ0n) is 11.5. The van der Waals surface area contributed by atoms with Crippen LogP contribution in [0.3, 0.4) is 0 Å². The van der Waals surface area contributed by atoms with Crippen LogP contribution in [0.25, 0.3) is 0 Å². The Labute approximate surface area is 104 Å². The Morgan fingerprint density at radius 3 is 2.41 bits per heavy atom. The molecule has 1 aliphatic rings. The standard InChI is InChI=1S/C13H24N4/c1-5-11-10-17(15-14-11)12-6-8-16(9-7-12)13(2,3)4/h10,12H,5-9H2,1-4H3. The van der Waals surface area contributed by atoms with Gasteiger partial charge in [-0.25, -0.2) is 4.68 Å². The number of rotatable bonds is 2. The van der Waals surface area contributed by atoms with Crippen LogP contribution in [0.5, 0.6) is 0 Å². The van der Waals surface area contributed by atoms with E-state index in [1.807, 2.05) is 0 Å². The molecule has 0 aromatic carbocycles. The highest BCUT2D eigenvalue weighted by atomic mass is 15.4. The molecule has 1 aromatic heterocycles. The van der Waals surface area contributed by atoms with E-state index < -0.39 is 0 Å². The fraction of sp³-hybridized carbons (Fsp3) is 0.846. The van der Waals surface area contributed by atoms with Gasteiger partial charge in [-0.15, -0.1) is 5.10 Å². The second-order valence-corrected chi connectivity index (χ2v) is 5.93. The van der Waals surface area contributed by atoms with Gasteiger partial charge in [0.2, 0.25) is 0 Å². The second kappa shape index (κ2) is 4.77. The van der Waals surface area contributed by atoms with E-state index in [0.29, 0.717) is 11.6 Å². The van der Waals surface area contributed by atoms with Crippen LogP contribution in [0, 0.1) is 0 Å². The number of piperidine rings is 1. The van der Waals surface area contributed by atoms with E-state index in [-0.39, 0.29) is 0 Å². The maximum Gasteiger partial charge on any atom is 0.0824 e. The van der Waals surface area contributed by atoms with Crippen LogP contribution in [0.15, 0.2) is 6.20 Å². The highest BCUT2D eigenvalue weighted by molar-refractivity contribution is 4.93. The summed E-state index contributed by atoms with van der Waals surface area (Å²) in [5, 5.41) is 8.42. The maximum absolute atomic E-state index is 4.25. The molecule has 96 valence electrons. The summed E-state index contributed by atoms with van der Waals surface area (Å²) in [6.45, 7) is 11.3. The van der Waals surface area contributed by atoms with Crippen molar-refractivity contribution in [1.29, 1.82) is 0 Å². The molecular formula is C13H24N4. The van der Waals surface area contributed by atoms with Crippen LogP contribution in [-0.4, -0.2) is 38.5 Å². The molecule has 0 unspecified atom stereocenters. The largest absolute Gasteiger partial charge is 0.298 e. The van der Waals surface area contributed by atoms with Crippen LogP contribution in [0.4, 0.5) is 0 Å². The van der Waals surface area contributed by atoms with Crippen LogP contribution in [0.2, 0.25) is 0 Å². The fourth-order valence-electron chi connectivity index (χ4n) is 2.46. The van der Waals surface area contributed by atoms with Crippen molar-refractivity contribution in [2.75, 3.05) is 13.1 Å². The molecule has 0 radical (unpaired) electrons. The molecule has 0 atom stereocenters. The molecule has 1 aromatic rings. The first-order valence-electron chi connectivity index (χ1n) is 6.66. The third-order valence-electron chi connectivity index (χ3n) is 3.71. The van der Waals surface area contributed by atoms with Crippen LogP contribution >= 0.6 is 0 Å². The summed E-state index contributed by atoms with van der Waals surface area (Å²) < 4.78 is 2.07. The topological polar surface area (TPSA) is 34.0 Å². The molecule has 1 fully saturated rings. The van der Waals surface area contributed by atoms with Gasteiger partial charge in [-0.2, -0.15) is 0 Å². The minimum Gasteiger partial charge on any atom is -0.298 e. The Bertz CT molecular complexity index is 356. The summed E-state index contributed by atoms with van der Waals surface area (Å²) in [7, 11) is 0. The summed E-state index contributed by atoms with van der Waals surface area (Å²) >= 11 is 0. The van der Waals surface area contributed by atoms with E-state index >= 15 is 0 Å². The van der Waals surface area contributed by atoms with E-state index in [4.69, 9.17) is 0 Å². The Morgan fingerprint density at radius 2 is 1.94 bits per heavy atom. The predicted molar refractivity (Wildman–Crippen MR) is 69.0 cm³/mol. The fourth-order valence-corrected chi connectivity index (χ4v) is 2.46. The molecule has 2 heterocycles. The average Bonchev–Trinajstić information content (AvgIpc) is 2.76. The van der Waals surface area contributed by atoms with E-state index in [9.17, 15) is 0 Å². The van der Waals surface area contributed by atoms with Gasteiger partial charge < -0.3 is 0 Å². The number of aryl methyl sites for hydroxylation is 1. The number of nitrogens with zero attached hydrogens (tertiary/aromatic N) is 4. The summed E-state index contributed by atoms with van der Waals surface area (Å²) in [5.41, 5.74) is 1.39. The maximum atomic E-state index is 4.25. The van der Waals surface area contributed by atoms with Gasteiger partial charge in [-0.3, -0.25) is 4.90 Å². The molecular weight excluding hydrogens is 212 g/mol. The van der Waals surface area contributed by atoms with Gasteiger partial charge in [0, 0.05) is 24.8 Å². The van der Waals surface area contributed by atoms with Gasteiger partial charge >= 0.3 is 0 Å². The molecule has 0 amide bonds. The van der Waals surface area contributed by atoms with Crippen molar-refractivity contribution in [3.05, 3.63) is 11.9 Å². The minimum absolute atomic E-state index is 0.294. The summed E-state index contributed by atoms with van der Waals surface area (Å²) in [6.07, 6.45) is 5.45. The summed E-state index contributed by atoms with van der Waals surface area (Å²) in [5.74, 6) is 0. The molecule has 17 heavy (non-hydrogen) atoms. The Morgan fingerprint density at radius 1 is 1.29 bits per heavy atom. The third-order valence-corrected chi connectivity index (χ3v) is 3.71. The van der Waals surface area contributed by atoms with Crippen molar-refractivity contribution < 1.29 is 0 Å². The highest BCUT2D eigenvalue weighted by Gasteiger charge is 2.27. The van der Waals surface area contributed by atoms with Crippen LogP contribution in [0.1, 0.15) is 52.3 Å². The van der Waals surface area contributed by atoms with Crippen LogP contribution in [-0.2, 0) is 6.42 Å². The molecule has 4 heteroatoms. The predicted octanol–water partition coefficient (Wildman–Crippen LogP) is 2.28. The molecule has 0 spiro atoms. The van der Waals surface area contributed by atoms with E-state index in [1.165, 1.54) is 12.8 Å². The van der Waals surface area contributed by atoms with Gasteiger partial charge in [0.1, 0.15) is 0 Å². The molecule has 0 saturated carbocycles. The lowest BCUT2D eigenvalue weighted by Gasteiger charge is -2.40. The zero-order valence-corrected chi connectivity index (χ0v) is 11.5. The van der Waals surface area contributed by atoms with Crippen molar-refractivity contribution in [2.24, 2.45) is 0 Å². The molecule has 0 N–H and O–H groups in total. The van der Waals surface area contributed by atoms with Crippen molar-refractivity contribution in [3.63, 3.8) is 0 Å². The second-order valence-electron chi connectivity index (χ2n) is 5.93. The lowest BCUT2D eigenvalue weighted by atomic mass is 9.98. The summed E-state index contributed by atoms with van der Waals surface area (Å²) in [6, 6.07) is 0.543. The zero-order chi connectivity index (χ0) is 12.5. The van der Waals surface area contributed by atoms with Crippen LogP contribution < -0.4 is 0 Å². The summed E-state index contributed by atoms with van der Waals surface area (Å²) in [4.78, 5) is 2.56. The van der Waals surface area contributed by atoms with E-state index in [2.05, 4.69) is 53.8 Å². The molecule has 0 aliphatic carbocycles. The number of hydrogen-bond acceptors (Lipinski definition) is 3. The molecule has 1 saturated heterocycles. The molecule has 4 nitrogen and oxygen atoms in total. The Hall–Kier alpha value is -0.900. The van der Waals surface area contributed by atoms with E-state index in [0.717, 1.165) is 25.2 Å². The molecule has 2 rings (SSSR count). The average molecular weight is 236 g/mol. The highest BCUT2D eigenvalue weighted by Crippen LogP contribution is 2.26. The first-order chi connectivity index (χ1) is 8.00. The van der Waals surface area contributed by atoms with Crippen molar-refractivity contribution >= 4 is 0 Å². The normalized spacial score (nSPS) is 19.8. The number of aromatic nitrogens is 3. The quantitative estimate of drug-likeness (QED) is 0.790. The Balaban J connectivity index is 1.95. The van der Waals surface area contributed by atoms with Gasteiger partial charge in [-0.1, -0.05) is 12.1 Å².